The molecule has 0 aliphatic heterocycles. The molecule has 0 fully saturated rings. The van der Waals surface area contributed by atoms with Gasteiger partial charge >= 0.3 is 0 Å². The number of hydrogen-bond acceptors (Lipinski definition) is 3. The number of amides is 1. The minimum absolute atomic E-state index is 0.119. The van der Waals surface area contributed by atoms with Crippen molar-refractivity contribution in [3.8, 4) is 0 Å². The van der Waals surface area contributed by atoms with E-state index in [9.17, 15) is 4.79 Å². The molecule has 0 atom stereocenters. The van der Waals surface area contributed by atoms with Crippen LogP contribution in [0.25, 0.3) is 0 Å². The summed E-state index contributed by atoms with van der Waals surface area (Å²) >= 11 is 0. The number of nitrogens with zero attached hydrogens (tertiary/aromatic N) is 2. The molecule has 1 aromatic carbocycles. The fourth-order valence-electron chi connectivity index (χ4n) is 1.80. The average molecular weight is 255 g/mol. The molecule has 19 heavy (non-hydrogen) atoms. The molecule has 0 radical (unpaired) electrons. The molecule has 1 heterocycles. The third kappa shape index (κ3) is 3.10. The van der Waals surface area contributed by atoms with Gasteiger partial charge in [0.15, 0.2) is 0 Å². The number of carbonyl (C=O) groups excluding carboxylic acids is 1. The molecule has 98 valence electrons. The number of para-hydroxylation sites is 1. The zero-order chi connectivity index (χ0) is 13.7. The summed E-state index contributed by atoms with van der Waals surface area (Å²) in [5, 5.41) is 3.17. The van der Waals surface area contributed by atoms with Gasteiger partial charge in [-0.25, -0.2) is 0 Å². The molecule has 0 saturated heterocycles. The summed E-state index contributed by atoms with van der Waals surface area (Å²) in [7, 11) is 1.75. The lowest BCUT2D eigenvalue weighted by molar-refractivity contribution is 0.0988. The van der Waals surface area contributed by atoms with Gasteiger partial charge in [0.1, 0.15) is 5.69 Å². The third-order valence-electron chi connectivity index (χ3n) is 2.81. The molecular weight excluding hydrogens is 238 g/mol. The van der Waals surface area contributed by atoms with Crippen LogP contribution >= 0.6 is 0 Å². The van der Waals surface area contributed by atoms with Crippen LogP contribution in [0.15, 0.2) is 48.7 Å². The number of carbonyl (C=O) groups is 1. The summed E-state index contributed by atoms with van der Waals surface area (Å²) in [5.41, 5.74) is 2.19. The molecule has 1 amide bonds. The number of aromatic nitrogens is 1. The summed E-state index contributed by atoms with van der Waals surface area (Å²) in [5.74, 6) is -0.119. The Morgan fingerprint density at radius 2 is 2.00 bits per heavy atom. The van der Waals surface area contributed by atoms with Crippen LogP contribution in [0.2, 0.25) is 0 Å². The first-order valence-corrected chi connectivity index (χ1v) is 6.25. The Morgan fingerprint density at radius 1 is 1.26 bits per heavy atom. The van der Waals surface area contributed by atoms with Crippen LogP contribution in [0.4, 0.5) is 11.4 Å². The third-order valence-corrected chi connectivity index (χ3v) is 2.81. The Hall–Kier alpha value is -2.36. The van der Waals surface area contributed by atoms with Gasteiger partial charge in [-0.1, -0.05) is 18.2 Å². The van der Waals surface area contributed by atoms with Gasteiger partial charge in [-0.05, 0) is 31.2 Å². The van der Waals surface area contributed by atoms with E-state index in [1.54, 1.807) is 24.2 Å². The van der Waals surface area contributed by atoms with Crippen LogP contribution in [0.3, 0.4) is 0 Å². The van der Waals surface area contributed by atoms with E-state index in [4.69, 9.17) is 0 Å². The van der Waals surface area contributed by atoms with E-state index in [0.29, 0.717) is 5.69 Å². The lowest BCUT2D eigenvalue weighted by Gasteiger charge is -2.17. The van der Waals surface area contributed by atoms with E-state index in [2.05, 4.69) is 10.3 Å². The molecule has 2 aromatic rings. The first-order valence-electron chi connectivity index (χ1n) is 6.25. The minimum Gasteiger partial charge on any atom is -0.385 e. The van der Waals surface area contributed by atoms with Crippen molar-refractivity contribution in [2.24, 2.45) is 0 Å². The quantitative estimate of drug-likeness (QED) is 0.913. The molecule has 0 saturated carbocycles. The van der Waals surface area contributed by atoms with Gasteiger partial charge in [0.2, 0.25) is 0 Å². The van der Waals surface area contributed by atoms with Crippen LogP contribution in [0.1, 0.15) is 17.4 Å². The summed E-state index contributed by atoms with van der Waals surface area (Å²) < 4.78 is 0. The number of rotatable bonds is 4. The Balaban J connectivity index is 2.22. The smallest absolute Gasteiger partial charge is 0.276 e. The molecule has 0 unspecified atom stereocenters. The van der Waals surface area contributed by atoms with Gasteiger partial charge < -0.3 is 10.2 Å². The Kier molecular flexibility index (Phi) is 4.13. The van der Waals surface area contributed by atoms with Crippen molar-refractivity contribution in [2.75, 3.05) is 23.8 Å². The highest BCUT2D eigenvalue weighted by Crippen LogP contribution is 2.15. The van der Waals surface area contributed by atoms with Crippen LogP contribution in [0, 0.1) is 0 Å². The number of pyridine rings is 1. The van der Waals surface area contributed by atoms with Crippen LogP contribution in [0.5, 0.6) is 0 Å². The molecule has 0 bridgehead atoms. The molecule has 0 aliphatic carbocycles. The van der Waals surface area contributed by atoms with Crippen molar-refractivity contribution in [3.05, 3.63) is 54.4 Å². The Morgan fingerprint density at radius 3 is 2.68 bits per heavy atom. The van der Waals surface area contributed by atoms with Gasteiger partial charge in [-0.15, -0.1) is 0 Å². The highest BCUT2D eigenvalue weighted by Gasteiger charge is 2.14. The van der Waals surface area contributed by atoms with Gasteiger partial charge in [-0.3, -0.25) is 9.78 Å². The average Bonchev–Trinajstić information content (AvgIpc) is 2.47. The molecule has 0 aliphatic rings. The summed E-state index contributed by atoms with van der Waals surface area (Å²) in [6, 6.07) is 13.1. The predicted molar refractivity (Wildman–Crippen MR) is 77.6 cm³/mol. The maximum Gasteiger partial charge on any atom is 0.276 e. The molecule has 4 nitrogen and oxygen atoms in total. The van der Waals surface area contributed by atoms with Crippen molar-refractivity contribution in [3.63, 3.8) is 0 Å². The van der Waals surface area contributed by atoms with Gasteiger partial charge in [0.05, 0.1) is 0 Å². The molecule has 1 N–H and O–H groups in total. The lowest BCUT2D eigenvalue weighted by Crippen LogP contribution is -2.27. The topological polar surface area (TPSA) is 45.2 Å². The standard InChI is InChI=1S/C15H17N3O/c1-3-16-12-9-10-17-14(11-12)15(19)18(2)13-7-5-4-6-8-13/h4-11H,3H2,1-2H3,(H,16,17). The van der Waals surface area contributed by atoms with Gasteiger partial charge in [0.25, 0.3) is 5.91 Å². The van der Waals surface area contributed by atoms with Crippen LogP contribution in [-0.4, -0.2) is 24.5 Å². The maximum absolute atomic E-state index is 12.3. The van der Waals surface area contributed by atoms with Gasteiger partial charge in [-0.2, -0.15) is 0 Å². The second kappa shape index (κ2) is 6.00. The predicted octanol–water partition coefficient (Wildman–Crippen LogP) is 2.79. The largest absolute Gasteiger partial charge is 0.385 e. The van der Waals surface area contributed by atoms with E-state index < -0.39 is 0 Å². The molecule has 1 aromatic heterocycles. The second-order valence-electron chi connectivity index (χ2n) is 4.16. The molecule has 0 spiro atoms. The first-order chi connectivity index (χ1) is 9.22. The van der Waals surface area contributed by atoms with Crippen molar-refractivity contribution < 1.29 is 4.79 Å². The SMILES string of the molecule is CCNc1ccnc(C(=O)N(C)c2ccccc2)c1. The number of benzene rings is 1. The first kappa shape index (κ1) is 13.1. The monoisotopic (exact) mass is 255 g/mol. The fraction of sp³-hybridized carbons (Fsp3) is 0.200. The summed E-state index contributed by atoms with van der Waals surface area (Å²) in [4.78, 5) is 18.1. The van der Waals surface area contributed by atoms with Crippen molar-refractivity contribution in [1.82, 2.24) is 4.98 Å². The fourth-order valence-corrected chi connectivity index (χ4v) is 1.80. The number of hydrogen-bond donors (Lipinski definition) is 1. The van der Waals surface area contributed by atoms with Gasteiger partial charge in [0, 0.05) is 31.2 Å². The Bertz CT molecular complexity index is 554. The van der Waals surface area contributed by atoms with Crippen molar-refractivity contribution >= 4 is 17.3 Å². The highest BCUT2D eigenvalue weighted by atomic mass is 16.2. The zero-order valence-electron chi connectivity index (χ0n) is 11.1. The summed E-state index contributed by atoms with van der Waals surface area (Å²) in [6.07, 6.45) is 1.64. The van der Waals surface area contributed by atoms with E-state index in [0.717, 1.165) is 17.9 Å². The maximum atomic E-state index is 12.3. The van der Waals surface area contributed by atoms with E-state index in [1.165, 1.54) is 0 Å². The zero-order valence-corrected chi connectivity index (χ0v) is 11.1. The highest BCUT2D eigenvalue weighted by molar-refractivity contribution is 6.04. The minimum atomic E-state index is -0.119. The molecular formula is C15H17N3O. The van der Waals surface area contributed by atoms with Crippen molar-refractivity contribution in [1.29, 1.82) is 0 Å². The van der Waals surface area contributed by atoms with Crippen molar-refractivity contribution in [2.45, 2.75) is 6.92 Å². The molecule has 4 heteroatoms. The van der Waals surface area contributed by atoms with E-state index in [-0.39, 0.29) is 5.91 Å². The van der Waals surface area contributed by atoms with Crippen LogP contribution in [-0.2, 0) is 0 Å². The summed E-state index contributed by atoms with van der Waals surface area (Å²) in [6.45, 7) is 2.82. The van der Waals surface area contributed by atoms with E-state index in [1.807, 2.05) is 43.3 Å². The van der Waals surface area contributed by atoms with Crippen LogP contribution < -0.4 is 10.2 Å². The second-order valence-corrected chi connectivity index (χ2v) is 4.16. The van der Waals surface area contributed by atoms with E-state index >= 15 is 0 Å². The normalized spacial score (nSPS) is 10.0. The Labute approximate surface area is 113 Å². The lowest BCUT2D eigenvalue weighted by atomic mass is 10.2. The number of anilines is 2. The number of nitrogens with one attached hydrogen (secondary N) is 1. The molecule has 2 rings (SSSR count).